The lowest BCUT2D eigenvalue weighted by atomic mass is 10.1. The third kappa shape index (κ3) is 8.91. The molecule has 3 amide bonds. The smallest absolute Gasteiger partial charge is 0.328 e. The van der Waals surface area contributed by atoms with E-state index in [4.69, 9.17) is 26.2 Å². The zero-order valence-electron chi connectivity index (χ0n) is 13.7. The lowest BCUT2D eigenvalue weighted by molar-refractivity contribution is -0.144. The summed E-state index contributed by atoms with van der Waals surface area (Å²) in [5.74, 6) is -5.48. The summed E-state index contributed by atoms with van der Waals surface area (Å²) in [6.45, 7) is -2.16. The predicted molar refractivity (Wildman–Crippen MR) is 83.5 cm³/mol. The maximum absolute atomic E-state index is 12.0. The fourth-order valence-electron chi connectivity index (χ4n) is 1.62. The van der Waals surface area contributed by atoms with Crippen molar-refractivity contribution in [1.82, 2.24) is 16.0 Å². The number of carbonyl (C=O) groups is 5. The Labute approximate surface area is 147 Å². The monoisotopic (exact) mass is 378 g/mol. The molecule has 0 saturated heterocycles. The molecule has 0 aromatic carbocycles. The van der Waals surface area contributed by atoms with E-state index in [1.807, 2.05) is 5.32 Å². The molecule has 0 saturated carbocycles. The summed E-state index contributed by atoms with van der Waals surface area (Å²) in [5.41, 5.74) is 5.23. The number of nitrogens with one attached hydrogen (secondary N) is 3. The second kappa shape index (κ2) is 11.7. The summed E-state index contributed by atoms with van der Waals surface area (Å²) in [7, 11) is 0. The molecule has 148 valence electrons. The number of carboxylic acid groups (broad SMARTS) is 2. The largest absolute Gasteiger partial charge is 0.481 e. The fourth-order valence-corrected chi connectivity index (χ4v) is 1.62. The van der Waals surface area contributed by atoms with Gasteiger partial charge in [0.05, 0.1) is 19.8 Å². The highest BCUT2D eigenvalue weighted by Crippen LogP contribution is 1.99. The molecule has 13 heteroatoms. The van der Waals surface area contributed by atoms with Gasteiger partial charge in [-0.15, -0.1) is 0 Å². The van der Waals surface area contributed by atoms with Crippen molar-refractivity contribution in [3.05, 3.63) is 0 Å². The molecule has 13 nitrogen and oxygen atoms in total. The van der Waals surface area contributed by atoms with E-state index >= 15 is 0 Å². The van der Waals surface area contributed by atoms with E-state index in [1.54, 1.807) is 0 Å². The molecule has 0 heterocycles. The zero-order valence-corrected chi connectivity index (χ0v) is 13.7. The minimum absolute atomic E-state index is 0.352. The van der Waals surface area contributed by atoms with Gasteiger partial charge in [0, 0.05) is 6.42 Å². The maximum Gasteiger partial charge on any atom is 0.328 e. The van der Waals surface area contributed by atoms with Crippen molar-refractivity contribution in [3.8, 4) is 0 Å². The molecular formula is C13H22N4O9. The summed E-state index contributed by atoms with van der Waals surface area (Å²) in [4.78, 5) is 56.6. The first-order chi connectivity index (χ1) is 12.1. The normalized spacial score (nSPS) is 13.8. The van der Waals surface area contributed by atoms with Crippen molar-refractivity contribution < 1.29 is 44.4 Å². The van der Waals surface area contributed by atoms with Crippen LogP contribution in [0.4, 0.5) is 0 Å². The van der Waals surface area contributed by atoms with Crippen LogP contribution in [0.3, 0.4) is 0 Å². The van der Waals surface area contributed by atoms with Crippen LogP contribution >= 0.6 is 0 Å². The number of hydrogen-bond acceptors (Lipinski definition) is 8. The van der Waals surface area contributed by atoms with Gasteiger partial charge in [-0.05, 0) is 6.42 Å². The number of aliphatic hydroxyl groups is 2. The van der Waals surface area contributed by atoms with E-state index < -0.39 is 74.0 Å². The Balaban J connectivity index is 4.83. The van der Waals surface area contributed by atoms with Gasteiger partial charge in [-0.1, -0.05) is 0 Å². The number of aliphatic carboxylic acids is 2. The Morgan fingerprint density at radius 1 is 0.885 bits per heavy atom. The molecule has 9 N–H and O–H groups in total. The lowest BCUT2D eigenvalue weighted by Crippen LogP contribution is -2.54. The Bertz CT molecular complexity index is 540. The fraction of sp³-hybridized carbons (Fsp3) is 0.615. The summed E-state index contributed by atoms with van der Waals surface area (Å²) in [6, 6.07) is -4.28. The molecule has 0 aliphatic rings. The van der Waals surface area contributed by atoms with Crippen molar-refractivity contribution in [2.24, 2.45) is 5.73 Å². The van der Waals surface area contributed by atoms with E-state index in [9.17, 15) is 24.0 Å². The summed E-state index contributed by atoms with van der Waals surface area (Å²) < 4.78 is 0. The molecule has 0 bridgehead atoms. The van der Waals surface area contributed by atoms with Gasteiger partial charge in [0.1, 0.15) is 18.1 Å². The van der Waals surface area contributed by atoms with Crippen LogP contribution in [0.2, 0.25) is 0 Å². The van der Waals surface area contributed by atoms with Crippen LogP contribution in [0.5, 0.6) is 0 Å². The van der Waals surface area contributed by atoms with Crippen LogP contribution in [0.1, 0.15) is 12.8 Å². The van der Waals surface area contributed by atoms with Crippen LogP contribution in [-0.2, 0) is 24.0 Å². The summed E-state index contributed by atoms with van der Waals surface area (Å²) in [6.07, 6.45) is -0.855. The van der Waals surface area contributed by atoms with Gasteiger partial charge in [0.2, 0.25) is 17.7 Å². The SMILES string of the molecule is NC(CO)C(=O)NCC(=O)NC(CCC(=O)O)C(=O)NC(CO)C(=O)O. The molecule has 3 unspecified atom stereocenters. The Morgan fingerprint density at radius 3 is 1.96 bits per heavy atom. The molecule has 0 aromatic rings. The molecule has 0 fully saturated rings. The lowest BCUT2D eigenvalue weighted by Gasteiger charge is -2.20. The maximum atomic E-state index is 12.0. The first-order valence-electron chi connectivity index (χ1n) is 7.41. The Kier molecular flexibility index (Phi) is 10.5. The Hall–Kier alpha value is -2.77. The van der Waals surface area contributed by atoms with Crippen molar-refractivity contribution in [2.45, 2.75) is 31.0 Å². The third-order valence-electron chi connectivity index (χ3n) is 3.05. The second-order valence-corrected chi connectivity index (χ2v) is 5.14. The predicted octanol–water partition coefficient (Wildman–Crippen LogP) is -4.67. The van der Waals surface area contributed by atoms with Gasteiger partial charge >= 0.3 is 11.9 Å². The van der Waals surface area contributed by atoms with Gasteiger partial charge in [-0.25, -0.2) is 4.79 Å². The average Bonchev–Trinajstić information content (AvgIpc) is 2.59. The number of amides is 3. The van der Waals surface area contributed by atoms with Crippen LogP contribution in [0, 0.1) is 0 Å². The van der Waals surface area contributed by atoms with E-state index in [-0.39, 0.29) is 6.42 Å². The Morgan fingerprint density at radius 2 is 1.50 bits per heavy atom. The molecule has 0 aromatic heterocycles. The van der Waals surface area contributed by atoms with Crippen LogP contribution in [-0.4, -0.2) is 88.0 Å². The highest BCUT2D eigenvalue weighted by Gasteiger charge is 2.26. The van der Waals surface area contributed by atoms with Gasteiger partial charge in [0.25, 0.3) is 0 Å². The average molecular weight is 378 g/mol. The highest BCUT2D eigenvalue weighted by atomic mass is 16.4. The molecule has 26 heavy (non-hydrogen) atoms. The van der Waals surface area contributed by atoms with Crippen LogP contribution in [0.15, 0.2) is 0 Å². The number of carbonyl (C=O) groups excluding carboxylic acids is 3. The first-order valence-corrected chi connectivity index (χ1v) is 7.41. The molecule has 0 aliphatic carbocycles. The summed E-state index contributed by atoms with van der Waals surface area (Å²) in [5, 5.41) is 41.3. The minimum Gasteiger partial charge on any atom is -0.481 e. The number of hydrogen-bond donors (Lipinski definition) is 8. The number of carboxylic acids is 2. The topological polar surface area (TPSA) is 228 Å². The minimum atomic E-state index is -1.63. The zero-order chi connectivity index (χ0) is 20.3. The van der Waals surface area contributed by atoms with Crippen molar-refractivity contribution in [3.63, 3.8) is 0 Å². The van der Waals surface area contributed by atoms with Crippen molar-refractivity contribution >= 4 is 29.7 Å². The van der Waals surface area contributed by atoms with Crippen LogP contribution in [0.25, 0.3) is 0 Å². The molecule has 0 spiro atoms. The highest BCUT2D eigenvalue weighted by molar-refractivity contribution is 5.92. The molecule has 0 rings (SSSR count). The second-order valence-electron chi connectivity index (χ2n) is 5.14. The van der Waals surface area contributed by atoms with Crippen molar-refractivity contribution in [2.75, 3.05) is 19.8 Å². The van der Waals surface area contributed by atoms with E-state index in [1.165, 1.54) is 0 Å². The quantitative estimate of drug-likeness (QED) is 0.162. The summed E-state index contributed by atoms with van der Waals surface area (Å²) >= 11 is 0. The van der Waals surface area contributed by atoms with E-state index in [0.29, 0.717) is 0 Å². The van der Waals surface area contributed by atoms with E-state index in [0.717, 1.165) is 0 Å². The molecule has 3 atom stereocenters. The first kappa shape index (κ1) is 23.2. The standard InChI is InChI=1S/C13H22N4O9/c14-6(4-18)11(23)15-3-9(20)16-7(1-2-10(21)22)12(24)17-8(5-19)13(25)26/h6-8,18-19H,1-5,14H2,(H,15,23)(H,16,20)(H,17,24)(H,21,22)(H,25,26). The third-order valence-corrected chi connectivity index (χ3v) is 3.05. The number of nitrogens with two attached hydrogens (primary N) is 1. The molecule has 0 radical (unpaired) electrons. The van der Waals surface area contributed by atoms with Crippen LogP contribution < -0.4 is 21.7 Å². The molecule has 0 aliphatic heterocycles. The van der Waals surface area contributed by atoms with Crippen molar-refractivity contribution in [1.29, 1.82) is 0 Å². The molecular weight excluding hydrogens is 356 g/mol. The number of aliphatic hydroxyl groups excluding tert-OH is 2. The van der Waals surface area contributed by atoms with E-state index in [2.05, 4.69) is 10.6 Å². The number of rotatable bonds is 12. The van der Waals surface area contributed by atoms with Gasteiger partial charge in [-0.3, -0.25) is 19.2 Å². The van der Waals surface area contributed by atoms with Gasteiger partial charge < -0.3 is 42.1 Å². The van der Waals surface area contributed by atoms with Gasteiger partial charge in [-0.2, -0.15) is 0 Å². The van der Waals surface area contributed by atoms with Gasteiger partial charge in [0.15, 0.2) is 0 Å².